The lowest BCUT2D eigenvalue weighted by Gasteiger charge is -2.44. The summed E-state index contributed by atoms with van der Waals surface area (Å²) in [5.41, 5.74) is -0.474. The van der Waals surface area contributed by atoms with Gasteiger partial charge in [-0.05, 0) is 70.7 Å². The van der Waals surface area contributed by atoms with Crippen LogP contribution in [-0.2, 0) is 20.8 Å². The van der Waals surface area contributed by atoms with Gasteiger partial charge in [0.25, 0.3) is 0 Å². The highest BCUT2D eigenvalue weighted by molar-refractivity contribution is 7.90. The van der Waals surface area contributed by atoms with Gasteiger partial charge in [-0.3, -0.25) is 4.79 Å². The van der Waals surface area contributed by atoms with Gasteiger partial charge >= 0.3 is 6.18 Å². The summed E-state index contributed by atoms with van der Waals surface area (Å²) in [6.07, 6.45) is 0.656. The molecule has 1 aliphatic heterocycles. The number of nitrogens with one attached hydrogen (secondary N) is 1. The van der Waals surface area contributed by atoms with Gasteiger partial charge in [0.1, 0.15) is 28.0 Å². The van der Waals surface area contributed by atoms with Crippen molar-refractivity contribution in [2.24, 2.45) is 5.92 Å². The lowest BCUT2D eigenvalue weighted by atomic mass is 9.81. The minimum absolute atomic E-state index is 0.0126. The number of carbonyl (C=O) groups excluding carboxylic acids is 1. The molecule has 204 valence electrons. The Morgan fingerprint density at radius 1 is 1.19 bits per heavy atom. The van der Waals surface area contributed by atoms with E-state index in [0.29, 0.717) is 37.4 Å². The van der Waals surface area contributed by atoms with Crippen LogP contribution < -0.4 is 5.32 Å². The molecular formula is C25H34F3N5O3S. The molecule has 4 rings (SSSR count). The predicted molar refractivity (Wildman–Crippen MR) is 136 cm³/mol. The number of amides is 1. The molecule has 0 unspecified atom stereocenters. The molecule has 2 aromatic rings. The zero-order valence-corrected chi connectivity index (χ0v) is 22.3. The van der Waals surface area contributed by atoms with Gasteiger partial charge in [-0.15, -0.1) is 0 Å². The van der Waals surface area contributed by atoms with E-state index in [2.05, 4.69) is 34.0 Å². The molecule has 2 fully saturated rings. The largest absolute Gasteiger partial charge is 0.416 e. The number of hydrogen-bond acceptors (Lipinski definition) is 7. The van der Waals surface area contributed by atoms with Gasteiger partial charge in [-0.2, -0.15) is 13.2 Å². The van der Waals surface area contributed by atoms with Gasteiger partial charge < -0.3 is 15.1 Å². The third-order valence-corrected chi connectivity index (χ3v) is 8.77. The van der Waals surface area contributed by atoms with E-state index in [-0.39, 0.29) is 40.9 Å². The number of benzene rings is 1. The predicted octanol–water partition coefficient (Wildman–Crippen LogP) is 3.58. The number of halogens is 3. The summed E-state index contributed by atoms with van der Waals surface area (Å²) >= 11 is 0. The minimum Gasteiger partial charge on any atom is -0.358 e. The number of aromatic nitrogens is 2. The van der Waals surface area contributed by atoms with E-state index in [1.807, 2.05) is 7.05 Å². The van der Waals surface area contributed by atoms with E-state index < -0.39 is 27.6 Å². The van der Waals surface area contributed by atoms with E-state index in [1.54, 1.807) is 4.90 Å². The molecule has 0 spiro atoms. The molecule has 0 radical (unpaired) electrons. The maximum atomic E-state index is 13.5. The van der Waals surface area contributed by atoms with Crippen molar-refractivity contribution >= 4 is 32.5 Å². The van der Waals surface area contributed by atoms with Crippen LogP contribution in [0.4, 0.5) is 19.0 Å². The number of likely N-dealkylation sites (tertiary alicyclic amines) is 1. The van der Waals surface area contributed by atoms with E-state index >= 15 is 0 Å². The molecule has 0 bridgehead atoms. The third-order valence-electron chi connectivity index (χ3n) is 7.74. The highest BCUT2D eigenvalue weighted by Gasteiger charge is 2.43. The van der Waals surface area contributed by atoms with Crippen molar-refractivity contribution in [2.75, 3.05) is 30.9 Å². The maximum Gasteiger partial charge on any atom is 0.416 e. The second-order valence-corrected chi connectivity index (χ2v) is 12.8. The first-order valence-electron chi connectivity index (χ1n) is 12.5. The van der Waals surface area contributed by atoms with Crippen molar-refractivity contribution < 1.29 is 26.4 Å². The number of fused-ring (bicyclic) bond motifs is 1. The normalized spacial score (nSPS) is 25.4. The number of carbonyl (C=O) groups is 1. The van der Waals surface area contributed by atoms with Crippen LogP contribution in [0.2, 0.25) is 0 Å². The van der Waals surface area contributed by atoms with Crippen molar-refractivity contribution in [3.8, 4) is 0 Å². The average molecular weight is 542 g/mol. The second-order valence-electron chi connectivity index (χ2n) is 10.6. The minimum atomic E-state index is -4.52. The first kappa shape index (κ1) is 27.6. The molecule has 4 atom stereocenters. The molecule has 1 aromatic heterocycles. The van der Waals surface area contributed by atoms with Crippen molar-refractivity contribution in [3.63, 3.8) is 0 Å². The van der Waals surface area contributed by atoms with E-state index in [9.17, 15) is 26.4 Å². The molecule has 1 aliphatic carbocycles. The Labute approximate surface area is 215 Å². The van der Waals surface area contributed by atoms with Crippen LogP contribution in [0.3, 0.4) is 0 Å². The molecule has 1 saturated heterocycles. The fraction of sp³-hybridized carbons (Fsp3) is 0.640. The van der Waals surface area contributed by atoms with Crippen LogP contribution in [0.5, 0.6) is 0 Å². The van der Waals surface area contributed by atoms with Crippen molar-refractivity contribution in [1.82, 2.24) is 19.8 Å². The fourth-order valence-electron chi connectivity index (χ4n) is 5.67. The summed E-state index contributed by atoms with van der Waals surface area (Å²) in [5, 5.41) is 3.24. The van der Waals surface area contributed by atoms with Crippen molar-refractivity contribution in [2.45, 2.75) is 69.9 Å². The van der Waals surface area contributed by atoms with E-state index in [4.69, 9.17) is 0 Å². The highest BCUT2D eigenvalue weighted by Crippen LogP contribution is 2.36. The van der Waals surface area contributed by atoms with E-state index in [1.165, 1.54) is 18.6 Å². The second kappa shape index (κ2) is 10.4. The number of anilines is 1. The Morgan fingerprint density at radius 3 is 2.57 bits per heavy atom. The molecule has 1 N–H and O–H groups in total. The lowest BCUT2D eigenvalue weighted by Crippen LogP contribution is -2.52. The van der Waals surface area contributed by atoms with Crippen LogP contribution in [0.1, 0.15) is 45.1 Å². The van der Waals surface area contributed by atoms with Crippen LogP contribution in [0, 0.1) is 5.92 Å². The SMILES string of the molecule is CC(C)N(C)[C@@H]1CC[C@H](N2CC[C@H](Nc3ncnc4ccc(C(F)(F)F)cc34)C2=O)[C@H](CS(C)(=O)=O)C1. The van der Waals surface area contributed by atoms with Crippen molar-refractivity contribution in [3.05, 3.63) is 30.1 Å². The van der Waals surface area contributed by atoms with Gasteiger partial charge in [-0.1, -0.05) is 0 Å². The fourth-order valence-corrected chi connectivity index (χ4v) is 6.81. The standard InChI is InChI=1S/C25H34F3N5O3S/c1-15(2)32(3)18-6-8-22(16(11-18)13-37(4,35)36)33-10-9-21(24(33)34)31-23-19-12-17(25(26,27)28)5-7-20(19)29-14-30-23/h5,7,12,14-16,18,21-22H,6,8-11,13H2,1-4H3,(H,29,30,31)/t16-,18+,21-,22-/m0/s1. The Kier molecular flexibility index (Phi) is 7.72. The Balaban J connectivity index is 1.54. The van der Waals surface area contributed by atoms with Crippen LogP contribution in [0.25, 0.3) is 10.9 Å². The monoisotopic (exact) mass is 541 g/mol. The summed E-state index contributed by atoms with van der Waals surface area (Å²) in [6.45, 7) is 4.65. The summed E-state index contributed by atoms with van der Waals surface area (Å²) < 4.78 is 64.4. The zero-order chi connectivity index (χ0) is 27.1. The van der Waals surface area contributed by atoms with E-state index in [0.717, 1.165) is 18.6 Å². The molecule has 37 heavy (non-hydrogen) atoms. The molecule has 2 aliphatic rings. The van der Waals surface area contributed by atoms with Gasteiger partial charge in [0.15, 0.2) is 0 Å². The third kappa shape index (κ3) is 6.17. The Morgan fingerprint density at radius 2 is 1.92 bits per heavy atom. The maximum absolute atomic E-state index is 13.5. The Bertz CT molecular complexity index is 1250. The number of rotatable bonds is 7. The van der Waals surface area contributed by atoms with Gasteiger partial charge in [0.05, 0.1) is 16.8 Å². The summed E-state index contributed by atoms with van der Waals surface area (Å²) in [5.74, 6) is -0.185. The first-order chi connectivity index (χ1) is 17.2. The van der Waals surface area contributed by atoms with Crippen molar-refractivity contribution in [1.29, 1.82) is 0 Å². The van der Waals surface area contributed by atoms with Crippen LogP contribution in [0.15, 0.2) is 24.5 Å². The Hall–Kier alpha value is -2.47. The number of nitrogens with zero attached hydrogens (tertiary/aromatic N) is 4. The first-order valence-corrected chi connectivity index (χ1v) is 14.6. The van der Waals surface area contributed by atoms with Gasteiger partial charge in [-0.25, -0.2) is 18.4 Å². The molecule has 8 nitrogen and oxygen atoms in total. The average Bonchev–Trinajstić information content (AvgIpc) is 3.16. The molecular weight excluding hydrogens is 507 g/mol. The molecule has 1 amide bonds. The summed E-state index contributed by atoms with van der Waals surface area (Å²) in [7, 11) is -1.21. The van der Waals surface area contributed by atoms with Crippen LogP contribution in [-0.4, -0.2) is 83.9 Å². The number of sulfone groups is 1. The highest BCUT2D eigenvalue weighted by atomic mass is 32.2. The molecule has 1 saturated carbocycles. The van der Waals surface area contributed by atoms with Gasteiger partial charge in [0.2, 0.25) is 5.91 Å². The summed E-state index contributed by atoms with van der Waals surface area (Å²) in [4.78, 5) is 25.7. The molecule has 12 heteroatoms. The number of hydrogen-bond donors (Lipinski definition) is 1. The molecule has 2 heterocycles. The summed E-state index contributed by atoms with van der Waals surface area (Å²) in [6, 6.07) is 2.94. The quantitative estimate of drug-likeness (QED) is 0.573. The van der Waals surface area contributed by atoms with Crippen LogP contribution >= 0.6 is 0 Å². The lowest BCUT2D eigenvalue weighted by molar-refractivity contribution is -0.137. The number of alkyl halides is 3. The smallest absolute Gasteiger partial charge is 0.358 e. The molecule has 1 aromatic carbocycles. The zero-order valence-electron chi connectivity index (χ0n) is 21.5. The topological polar surface area (TPSA) is 95.5 Å². The van der Waals surface area contributed by atoms with Gasteiger partial charge in [0, 0.05) is 36.3 Å².